The summed E-state index contributed by atoms with van der Waals surface area (Å²) in [6.45, 7) is 2.40. The molecule has 0 radical (unpaired) electrons. The normalized spacial score (nSPS) is 11.2. The molecule has 1 rings (SSSR count). The van der Waals surface area contributed by atoms with Crippen molar-refractivity contribution in [3.63, 3.8) is 0 Å². The number of nitrogens with two attached hydrogens (primary N) is 1. The van der Waals surface area contributed by atoms with Crippen LogP contribution < -0.4 is 20.5 Å². The van der Waals surface area contributed by atoms with Gasteiger partial charge in [-0.05, 0) is 31.0 Å². The molecule has 1 amide bonds. The molecule has 0 aliphatic carbocycles. The highest BCUT2D eigenvalue weighted by atomic mass is 35.5. The minimum atomic E-state index is -0.110. The Kier molecular flexibility index (Phi) is 8.76. The summed E-state index contributed by atoms with van der Waals surface area (Å²) < 4.78 is 10.4. The van der Waals surface area contributed by atoms with Gasteiger partial charge in [-0.1, -0.05) is 6.07 Å². The summed E-state index contributed by atoms with van der Waals surface area (Å²) in [5.74, 6) is 1.38. The summed E-state index contributed by atoms with van der Waals surface area (Å²) >= 11 is 0. The summed E-state index contributed by atoms with van der Waals surface area (Å²) in [7, 11) is 3.21. The standard InChI is InChI=1S/C14H22N2O3.ClH/c1-10(15)8-14(17)16-7-6-11-4-5-12(18-2)13(9-11)19-3;/h4-5,9-10H,6-8,15H2,1-3H3,(H,16,17);1H. The van der Waals surface area contributed by atoms with Crippen LogP contribution in [0.5, 0.6) is 11.5 Å². The molecule has 5 nitrogen and oxygen atoms in total. The van der Waals surface area contributed by atoms with Crippen molar-refractivity contribution in [1.29, 1.82) is 0 Å². The summed E-state index contributed by atoms with van der Waals surface area (Å²) in [6.07, 6.45) is 1.09. The maximum absolute atomic E-state index is 11.4. The predicted octanol–water partition coefficient (Wildman–Crippen LogP) is 1.52. The average molecular weight is 303 g/mol. The van der Waals surface area contributed by atoms with Crippen LogP contribution in [0.3, 0.4) is 0 Å². The predicted molar refractivity (Wildman–Crippen MR) is 81.8 cm³/mol. The number of rotatable bonds is 7. The quantitative estimate of drug-likeness (QED) is 0.801. The van der Waals surface area contributed by atoms with E-state index in [1.807, 2.05) is 25.1 Å². The Morgan fingerprint density at radius 3 is 2.50 bits per heavy atom. The second-order valence-electron chi connectivity index (χ2n) is 4.47. The number of carbonyl (C=O) groups is 1. The number of hydrogen-bond donors (Lipinski definition) is 2. The molecule has 6 heteroatoms. The minimum absolute atomic E-state index is 0. The highest BCUT2D eigenvalue weighted by Crippen LogP contribution is 2.27. The molecule has 0 aromatic heterocycles. The Bertz CT molecular complexity index is 425. The summed E-state index contributed by atoms with van der Waals surface area (Å²) in [6, 6.07) is 5.62. The highest BCUT2D eigenvalue weighted by molar-refractivity contribution is 5.85. The number of carbonyl (C=O) groups excluding carboxylic acids is 1. The van der Waals surface area contributed by atoms with E-state index in [0.29, 0.717) is 24.5 Å². The van der Waals surface area contributed by atoms with E-state index in [1.165, 1.54) is 0 Å². The molecule has 0 aliphatic heterocycles. The molecule has 0 fully saturated rings. The fourth-order valence-corrected chi connectivity index (χ4v) is 1.75. The van der Waals surface area contributed by atoms with Crippen LogP contribution in [0.25, 0.3) is 0 Å². The Morgan fingerprint density at radius 1 is 1.30 bits per heavy atom. The molecule has 0 heterocycles. The van der Waals surface area contributed by atoms with Crippen LogP contribution in [0.2, 0.25) is 0 Å². The first-order valence-corrected chi connectivity index (χ1v) is 6.30. The van der Waals surface area contributed by atoms with Crippen molar-refractivity contribution in [2.75, 3.05) is 20.8 Å². The van der Waals surface area contributed by atoms with Crippen LogP contribution in [0.15, 0.2) is 18.2 Å². The van der Waals surface area contributed by atoms with Gasteiger partial charge >= 0.3 is 0 Å². The van der Waals surface area contributed by atoms with Gasteiger partial charge in [0.1, 0.15) is 0 Å². The third kappa shape index (κ3) is 6.12. The molecule has 1 aromatic carbocycles. The number of halogens is 1. The zero-order valence-corrected chi connectivity index (χ0v) is 13.0. The van der Waals surface area contributed by atoms with Gasteiger partial charge < -0.3 is 20.5 Å². The second kappa shape index (κ2) is 9.44. The zero-order chi connectivity index (χ0) is 14.3. The lowest BCUT2D eigenvalue weighted by Gasteiger charge is -2.10. The molecular weight excluding hydrogens is 280 g/mol. The zero-order valence-electron chi connectivity index (χ0n) is 12.1. The first-order valence-electron chi connectivity index (χ1n) is 6.30. The van der Waals surface area contributed by atoms with E-state index in [9.17, 15) is 4.79 Å². The molecule has 20 heavy (non-hydrogen) atoms. The average Bonchev–Trinajstić information content (AvgIpc) is 2.37. The maximum Gasteiger partial charge on any atom is 0.221 e. The van der Waals surface area contributed by atoms with Crippen LogP contribution in [0.1, 0.15) is 18.9 Å². The number of methoxy groups -OCH3 is 2. The largest absolute Gasteiger partial charge is 0.493 e. The van der Waals surface area contributed by atoms with Crippen molar-refractivity contribution in [1.82, 2.24) is 5.32 Å². The van der Waals surface area contributed by atoms with Gasteiger partial charge in [-0.25, -0.2) is 0 Å². The Morgan fingerprint density at radius 2 is 1.95 bits per heavy atom. The van der Waals surface area contributed by atoms with Gasteiger partial charge in [0.25, 0.3) is 0 Å². The molecule has 3 N–H and O–H groups in total. The molecule has 0 saturated carbocycles. The number of nitrogens with one attached hydrogen (secondary N) is 1. The fraction of sp³-hybridized carbons (Fsp3) is 0.500. The topological polar surface area (TPSA) is 73.6 Å². The van der Waals surface area contributed by atoms with Gasteiger partial charge in [-0.3, -0.25) is 4.79 Å². The molecule has 0 aliphatic rings. The Labute approximate surface area is 126 Å². The van der Waals surface area contributed by atoms with Crippen LogP contribution in [0, 0.1) is 0 Å². The first-order chi connectivity index (χ1) is 9.06. The van der Waals surface area contributed by atoms with Crippen molar-refractivity contribution >= 4 is 18.3 Å². The van der Waals surface area contributed by atoms with Crippen LogP contribution in [-0.2, 0) is 11.2 Å². The number of benzene rings is 1. The van der Waals surface area contributed by atoms with Crippen LogP contribution >= 0.6 is 12.4 Å². The van der Waals surface area contributed by atoms with Crippen LogP contribution in [-0.4, -0.2) is 32.7 Å². The Balaban J connectivity index is 0.00000361. The van der Waals surface area contributed by atoms with E-state index in [0.717, 1.165) is 12.0 Å². The molecule has 1 unspecified atom stereocenters. The van der Waals surface area contributed by atoms with E-state index >= 15 is 0 Å². The molecule has 0 bridgehead atoms. The fourth-order valence-electron chi connectivity index (χ4n) is 1.75. The van der Waals surface area contributed by atoms with E-state index in [1.54, 1.807) is 14.2 Å². The third-order valence-electron chi connectivity index (χ3n) is 2.69. The molecular formula is C14H23ClN2O3. The molecule has 1 aromatic rings. The van der Waals surface area contributed by atoms with Gasteiger partial charge in [0, 0.05) is 19.0 Å². The monoisotopic (exact) mass is 302 g/mol. The minimum Gasteiger partial charge on any atom is -0.493 e. The summed E-state index contributed by atoms with van der Waals surface area (Å²) in [5, 5.41) is 2.84. The van der Waals surface area contributed by atoms with Crippen molar-refractivity contribution in [3.8, 4) is 11.5 Å². The van der Waals surface area contributed by atoms with E-state index in [-0.39, 0.29) is 24.4 Å². The van der Waals surface area contributed by atoms with Gasteiger partial charge in [-0.2, -0.15) is 0 Å². The molecule has 1 atom stereocenters. The highest BCUT2D eigenvalue weighted by Gasteiger charge is 2.06. The lowest BCUT2D eigenvalue weighted by molar-refractivity contribution is -0.121. The third-order valence-corrected chi connectivity index (χ3v) is 2.69. The van der Waals surface area contributed by atoms with Crippen molar-refractivity contribution < 1.29 is 14.3 Å². The van der Waals surface area contributed by atoms with E-state index in [2.05, 4.69) is 5.32 Å². The summed E-state index contributed by atoms with van der Waals surface area (Å²) in [4.78, 5) is 11.4. The molecule has 114 valence electrons. The molecule has 0 spiro atoms. The van der Waals surface area contributed by atoms with Crippen molar-refractivity contribution in [2.45, 2.75) is 25.8 Å². The molecule has 0 saturated heterocycles. The van der Waals surface area contributed by atoms with Crippen LogP contribution in [0.4, 0.5) is 0 Å². The second-order valence-corrected chi connectivity index (χ2v) is 4.47. The number of ether oxygens (including phenoxy) is 2. The number of hydrogen-bond acceptors (Lipinski definition) is 4. The van der Waals surface area contributed by atoms with Crippen molar-refractivity contribution in [3.05, 3.63) is 23.8 Å². The number of amides is 1. The van der Waals surface area contributed by atoms with Gasteiger partial charge in [0.15, 0.2) is 11.5 Å². The van der Waals surface area contributed by atoms with E-state index in [4.69, 9.17) is 15.2 Å². The van der Waals surface area contributed by atoms with Gasteiger partial charge in [-0.15, -0.1) is 12.4 Å². The first kappa shape index (κ1) is 18.5. The van der Waals surface area contributed by atoms with E-state index < -0.39 is 0 Å². The Hall–Kier alpha value is -1.46. The lowest BCUT2D eigenvalue weighted by Crippen LogP contribution is -2.31. The van der Waals surface area contributed by atoms with Crippen molar-refractivity contribution in [2.24, 2.45) is 5.73 Å². The smallest absolute Gasteiger partial charge is 0.221 e. The SMILES string of the molecule is COc1ccc(CCNC(=O)CC(C)N)cc1OC.Cl. The summed E-state index contributed by atoms with van der Waals surface area (Å²) in [5.41, 5.74) is 6.64. The maximum atomic E-state index is 11.4. The van der Waals surface area contributed by atoms with Gasteiger partial charge in [0.2, 0.25) is 5.91 Å². The van der Waals surface area contributed by atoms with Gasteiger partial charge in [0.05, 0.1) is 14.2 Å². The lowest BCUT2D eigenvalue weighted by atomic mass is 10.1.